The molecule has 0 fully saturated rings. The van der Waals surface area contributed by atoms with Crippen molar-refractivity contribution in [1.82, 2.24) is 9.88 Å². The summed E-state index contributed by atoms with van der Waals surface area (Å²) in [6, 6.07) is 3.06. The maximum atomic E-state index is 11.9. The summed E-state index contributed by atoms with van der Waals surface area (Å²) in [7, 11) is 1.75. The van der Waals surface area contributed by atoms with E-state index in [1.807, 2.05) is 6.26 Å². The molecular formula is C10H14ClN3OS. The summed E-state index contributed by atoms with van der Waals surface area (Å²) in [5.74, 6) is 1.07. The predicted molar refractivity (Wildman–Crippen MR) is 69.0 cm³/mol. The molecule has 0 radical (unpaired) electrons. The molecule has 4 nitrogen and oxygen atoms in total. The Labute approximate surface area is 104 Å². The Morgan fingerprint density at radius 1 is 1.62 bits per heavy atom. The number of aromatic nitrogens is 1. The minimum atomic E-state index is -0.0925. The molecule has 1 aromatic rings. The number of nitrogen functional groups attached to an aromatic ring is 1. The van der Waals surface area contributed by atoms with Gasteiger partial charge in [-0.1, -0.05) is 11.6 Å². The molecule has 0 atom stereocenters. The van der Waals surface area contributed by atoms with Crippen molar-refractivity contribution in [3.8, 4) is 0 Å². The predicted octanol–water partition coefficient (Wildman–Crippen LogP) is 1.75. The van der Waals surface area contributed by atoms with Crippen LogP contribution in [0.2, 0.25) is 5.15 Å². The van der Waals surface area contributed by atoms with Gasteiger partial charge in [0.15, 0.2) is 0 Å². The third-order valence-corrected chi connectivity index (χ3v) is 2.82. The molecule has 0 aliphatic carbocycles. The van der Waals surface area contributed by atoms with Crippen LogP contribution in [0.4, 0.5) is 5.82 Å². The minimum absolute atomic E-state index is 0.0925. The second-order valence-corrected chi connectivity index (χ2v) is 4.70. The summed E-state index contributed by atoms with van der Waals surface area (Å²) >= 11 is 7.43. The van der Waals surface area contributed by atoms with Gasteiger partial charge in [-0.3, -0.25) is 4.79 Å². The number of thioether (sulfide) groups is 1. The molecule has 0 aliphatic heterocycles. The number of anilines is 1. The zero-order valence-corrected chi connectivity index (χ0v) is 10.8. The van der Waals surface area contributed by atoms with Crippen LogP contribution in [0.25, 0.3) is 0 Å². The first-order valence-corrected chi connectivity index (χ1v) is 6.49. The van der Waals surface area contributed by atoms with Crippen molar-refractivity contribution in [2.24, 2.45) is 0 Å². The van der Waals surface area contributed by atoms with Gasteiger partial charge in [0, 0.05) is 24.9 Å². The van der Waals surface area contributed by atoms with Gasteiger partial charge in [0.2, 0.25) is 0 Å². The van der Waals surface area contributed by atoms with E-state index >= 15 is 0 Å². The second-order valence-electron chi connectivity index (χ2n) is 3.32. The number of halogens is 1. The average Bonchev–Trinajstić information content (AvgIpc) is 2.23. The molecule has 0 spiro atoms. The van der Waals surface area contributed by atoms with Gasteiger partial charge in [-0.05, 0) is 18.4 Å². The van der Waals surface area contributed by atoms with Crippen LogP contribution < -0.4 is 5.73 Å². The van der Waals surface area contributed by atoms with E-state index < -0.39 is 0 Å². The molecule has 1 aromatic heterocycles. The fraction of sp³-hybridized carbons (Fsp3) is 0.400. The van der Waals surface area contributed by atoms with Gasteiger partial charge in [0.1, 0.15) is 11.0 Å². The van der Waals surface area contributed by atoms with Gasteiger partial charge in [-0.15, -0.1) is 0 Å². The van der Waals surface area contributed by atoms with E-state index in [2.05, 4.69) is 4.98 Å². The van der Waals surface area contributed by atoms with E-state index in [-0.39, 0.29) is 16.9 Å². The van der Waals surface area contributed by atoms with Gasteiger partial charge in [-0.25, -0.2) is 4.98 Å². The van der Waals surface area contributed by atoms with Crippen molar-refractivity contribution in [2.75, 3.05) is 31.3 Å². The summed E-state index contributed by atoms with van der Waals surface area (Å²) in [5, 5.41) is 0.238. The van der Waals surface area contributed by atoms with Crippen LogP contribution in [-0.2, 0) is 0 Å². The maximum Gasteiger partial charge on any atom is 0.253 e. The van der Waals surface area contributed by atoms with Gasteiger partial charge in [-0.2, -0.15) is 11.8 Å². The Hall–Kier alpha value is -0.940. The first kappa shape index (κ1) is 13.1. The number of hydrogen-bond donors (Lipinski definition) is 1. The van der Waals surface area contributed by atoms with Gasteiger partial charge in [0.25, 0.3) is 5.91 Å². The Balaban J connectivity index is 2.79. The maximum absolute atomic E-state index is 11.9. The molecule has 0 unspecified atom stereocenters. The van der Waals surface area contributed by atoms with E-state index in [0.717, 1.165) is 5.75 Å². The lowest BCUT2D eigenvalue weighted by Crippen LogP contribution is -2.29. The average molecular weight is 260 g/mol. The lowest BCUT2D eigenvalue weighted by molar-refractivity contribution is 0.0803. The van der Waals surface area contributed by atoms with Crippen molar-refractivity contribution in [3.05, 3.63) is 22.8 Å². The normalized spacial score (nSPS) is 10.2. The number of amides is 1. The Morgan fingerprint density at radius 3 is 2.88 bits per heavy atom. The second kappa shape index (κ2) is 5.96. The number of carbonyl (C=O) groups is 1. The molecule has 16 heavy (non-hydrogen) atoms. The van der Waals surface area contributed by atoms with Gasteiger partial charge in [0.05, 0.1) is 0 Å². The molecule has 1 amide bonds. The number of carbonyl (C=O) groups excluding carboxylic acids is 1. The van der Waals surface area contributed by atoms with Crippen molar-refractivity contribution >= 4 is 35.1 Å². The molecular weight excluding hydrogens is 246 g/mol. The van der Waals surface area contributed by atoms with E-state index in [1.54, 1.807) is 23.7 Å². The minimum Gasteiger partial charge on any atom is -0.384 e. The molecule has 0 aromatic carbocycles. The highest BCUT2D eigenvalue weighted by Gasteiger charge is 2.12. The highest BCUT2D eigenvalue weighted by molar-refractivity contribution is 7.98. The molecule has 1 rings (SSSR count). The van der Waals surface area contributed by atoms with Crippen molar-refractivity contribution in [1.29, 1.82) is 0 Å². The molecule has 2 N–H and O–H groups in total. The lowest BCUT2D eigenvalue weighted by atomic mass is 10.2. The van der Waals surface area contributed by atoms with Crippen LogP contribution in [0.1, 0.15) is 10.4 Å². The number of nitrogens with two attached hydrogens (primary N) is 1. The number of rotatable bonds is 4. The monoisotopic (exact) mass is 259 g/mol. The van der Waals surface area contributed by atoms with Crippen LogP contribution in [0.15, 0.2) is 12.1 Å². The van der Waals surface area contributed by atoms with Crippen molar-refractivity contribution < 1.29 is 4.79 Å². The van der Waals surface area contributed by atoms with E-state index in [9.17, 15) is 4.79 Å². The van der Waals surface area contributed by atoms with E-state index in [0.29, 0.717) is 12.1 Å². The van der Waals surface area contributed by atoms with Crippen LogP contribution in [0, 0.1) is 0 Å². The number of pyridine rings is 1. The molecule has 6 heteroatoms. The molecule has 0 aliphatic rings. The first-order valence-electron chi connectivity index (χ1n) is 4.72. The fourth-order valence-electron chi connectivity index (χ4n) is 1.19. The zero-order chi connectivity index (χ0) is 12.1. The summed E-state index contributed by atoms with van der Waals surface area (Å²) in [6.07, 6.45) is 2.00. The summed E-state index contributed by atoms with van der Waals surface area (Å²) in [5.41, 5.74) is 6.00. The SMILES string of the molecule is CSCCN(C)C(=O)c1cc(N)nc(Cl)c1. The van der Waals surface area contributed by atoms with Crippen LogP contribution >= 0.6 is 23.4 Å². The molecule has 0 bridgehead atoms. The summed E-state index contributed by atoms with van der Waals surface area (Å²) in [6.45, 7) is 0.694. The molecule has 88 valence electrons. The molecule has 0 saturated heterocycles. The van der Waals surface area contributed by atoms with Crippen LogP contribution in [0.3, 0.4) is 0 Å². The van der Waals surface area contributed by atoms with Crippen LogP contribution in [0.5, 0.6) is 0 Å². The van der Waals surface area contributed by atoms with Crippen molar-refractivity contribution in [2.45, 2.75) is 0 Å². The number of nitrogens with zero attached hydrogens (tertiary/aromatic N) is 2. The third-order valence-electron chi connectivity index (χ3n) is 2.04. The lowest BCUT2D eigenvalue weighted by Gasteiger charge is -2.16. The fourth-order valence-corrected chi connectivity index (χ4v) is 1.86. The largest absolute Gasteiger partial charge is 0.384 e. The van der Waals surface area contributed by atoms with Crippen LogP contribution in [-0.4, -0.2) is 41.4 Å². The smallest absolute Gasteiger partial charge is 0.253 e. The summed E-state index contributed by atoms with van der Waals surface area (Å²) in [4.78, 5) is 17.4. The molecule has 1 heterocycles. The standard InChI is InChI=1S/C10H14ClN3OS/c1-14(3-4-16-2)10(15)7-5-8(11)13-9(12)6-7/h5-6H,3-4H2,1-2H3,(H2,12,13). The quantitative estimate of drug-likeness (QED) is 0.837. The van der Waals surface area contributed by atoms with Gasteiger partial charge >= 0.3 is 0 Å². The van der Waals surface area contributed by atoms with Gasteiger partial charge < -0.3 is 10.6 Å². The highest BCUT2D eigenvalue weighted by Crippen LogP contribution is 2.13. The summed E-state index contributed by atoms with van der Waals surface area (Å²) < 4.78 is 0. The Bertz CT molecular complexity index is 366. The van der Waals surface area contributed by atoms with E-state index in [4.69, 9.17) is 17.3 Å². The molecule has 0 saturated carbocycles. The van der Waals surface area contributed by atoms with E-state index in [1.165, 1.54) is 12.1 Å². The topological polar surface area (TPSA) is 59.2 Å². The highest BCUT2D eigenvalue weighted by atomic mass is 35.5. The Morgan fingerprint density at radius 2 is 2.31 bits per heavy atom. The third kappa shape index (κ3) is 3.57. The Kier molecular flexibility index (Phi) is 4.89. The van der Waals surface area contributed by atoms with Crippen molar-refractivity contribution in [3.63, 3.8) is 0 Å². The first-order chi connectivity index (χ1) is 7.54. The number of hydrogen-bond acceptors (Lipinski definition) is 4. The zero-order valence-electron chi connectivity index (χ0n) is 9.24.